The van der Waals surface area contributed by atoms with Crippen LogP contribution in [0.2, 0.25) is 0 Å². The number of carbonyl (C=O) groups is 2. The molecule has 0 radical (unpaired) electrons. The molecule has 0 aliphatic rings. The predicted octanol–water partition coefficient (Wildman–Crippen LogP) is 1.82. The van der Waals surface area contributed by atoms with Gasteiger partial charge in [-0.3, -0.25) is 9.59 Å². The van der Waals surface area contributed by atoms with Crippen molar-refractivity contribution in [2.24, 2.45) is 5.73 Å². The van der Waals surface area contributed by atoms with Gasteiger partial charge in [-0.25, -0.2) is 0 Å². The van der Waals surface area contributed by atoms with E-state index in [1.165, 1.54) is 0 Å². The smallest absolute Gasteiger partial charge is 0.224 e. The lowest BCUT2D eigenvalue weighted by atomic mass is 10.00. The molecule has 0 fully saturated rings. The summed E-state index contributed by atoms with van der Waals surface area (Å²) in [4.78, 5) is 23.2. The van der Waals surface area contributed by atoms with Crippen molar-refractivity contribution in [3.63, 3.8) is 0 Å². The maximum Gasteiger partial charge on any atom is 0.224 e. The molecule has 0 aliphatic heterocycles. The van der Waals surface area contributed by atoms with Gasteiger partial charge in [-0.15, -0.1) is 0 Å². The average Bonchev–Trinajstić information content (AvgIpc) is 2.38. The largest absolute Gasteiger partial charge is 0.356 e. The van der Waals surface area contributed by atoms with Crippen LogP contribution in [0.15, 0.2) is 24.3 Å². The third-order valence-corrected chi connectivity index (χ3v) is 2.97. The molecule has 0 heterocycles. The van der Waals surface area contributed by atoms with Crippen molar-refractivity contribution in [3.8, 4) is 0 Å². The molecule has 0 saturated heterocycles. The minimum Gasteiger partial charge on any atom is -0.356 e. The summed E-state index contributed by atoms with van der Waals surface area (Å²) in [5.41, 5.74) is 7.16. The molecule has 5 heteroatoms. The number of amides is 2. The lowest BCUT2D eigenvalue weighted by Crippen LogP contribution is -2.33. The summed E-state index contributed by atoms with van der Waals surface area (Å²) in [6.07, 6.45) is 1.38. The number of hydrogen-bond acceptors (Lipinski definition) is 3. The zero-order chi connectivity index (χ0) is 15.9. The molecule has 5 nitrogen and oxygen atoms in total. The molecule has 0 bridgehead atoms. The van der Waals surface area contributed by atoms with Crippen molar-refractivity contribution < 1.29 is 9.59 Å². The minimum atomic E-state index is -0.339. The number of hydrogen-bond donors (Lipinski definition) is 3. The van der Waals surface area contributed by atoms with E-state index in [1.54, 1.807) is 12.1 Å². The first-order valence-corrected chi connectivity index (χ1v) is 7.24. The Balaban J connectivity index is 2.47. The van der Waals surface area contributed by atoms with Crippen molar-refractivity contribution in [2.45, 2.75) is 45.6 Å². The lowest BCUT2D eigenvalue weighted by molar-refractivity contribution is -0.120. The molecular weight excluding hydrogens is 266 g/mol. The molecule has 1 aromatic carbocycles. The van der Waals surface area contributed by atoms with Crippen LogP contribution in [0.1, 0.15) is 39.2 Å². The number of carbonyl (C=O) groups excluding carboxylic acids is 2. The van der Waals surface area contributed by atoms with Crippen molar-refractivity contribution in [2.75, 3.05) is 11.9 Å². The first-order chi connectivity index (χ1) is 9.80. The Morgan fingerprint density at radius 3 is 2.29 bits per heavy atom. The summed E-state index contributed by atoms with van der Waals surface area (Å²) in [6, 6.07) is 7.30. The molecule has 1 rings (SSSR count). The van der Waals surface area contributed by atoms with E-state index in [4.69, 9.17) is 5.73 Å². The first-order valence-electron chi connectivity index (χ1n) is 7.24. The predicted molar refractivity (Wildman–Crippen MR) is 85.0 cm³/mol. The Labute approximate surface area is 126 Å². The van der Waals surface area contributed by atoms with Crippen molar-refractivity contribution >= 4 is 17.5 Å². The number of benzene rings is 1. The third-order valence-electron chi connectivity index (χ3n) is 2.97. The van der Waals surface area contributed by atoms with E-state index in [9.17, 15) is 9.59 Å². The van der Waals surface area contributed by atoms with Gasteiger partial charge in [0.25, 0.3) is 0 Å². The minimum absolute atomic E-state index is 0.000497. The number of nitrogens with two attached hydrogens (primary N) is 1. The maximum absolute atomic E-state index is 11.8. The Kier molecular flexibility index (Phi) is 6.37. The van der Waals surface area contributed by atoms with Crippen LogP contribution in [0, 0.1) is 0 Å². The van der Waals surface area contributed by atoms with Crippen LogP contribution in [0.5, 0.6) is 0 Å². The van der Waals surface area contributed by atoms with Gasteiger partial charge < -0.3 is 16.4 Å². The summed E-state index contributed by atoms with van der Waals surface area (Å²) in [5, 5.41) is 5.58. The highest BCUT2D eigenvalue weighted by atomic mass is 16.2. The zero-order valence-corrected chi connectivity index (χ0v) is 13.0. The summed E-state index contributed by atoms with van der Waals surface area (Å²) in [7, 11) is 0. The SMILES string of the molecule is CCNC(=O)Cc1ccc(NC(=O)CCC(C)(C)N)cc1. The standard InChI is InChI=1S/C16H25N3O2/c1-4-18-15(21)11-12-5-7-13(8-6-12)19-14(20)9-10-16(2,3)17/h5-8H,4,9-11,17H2,1-3H3,(H,18,21)(H,19,20). The van der Waals surface area contributed by atoms with Crippen molar-refractivity contribution in [1.82, 2.24) is 5.32 Å². The van der Waals surface area contributed by atoms with Gasteiger partial charge in [-0.1, -0.05) is 12.1 Å². The number of likely N-dealkylation sites (N-methyl/N-ethyl adjacent to an activating group) is 1. The Hall–Kier alpha value is -1.88. The lowest BCUT2D eigenvalue weighted by Gasteiger charge is -2.17. The molecular formula is C16H25N3O2. The summed E-state index contributed by atoms with van der Waals surface area (Å²) in [6.45, 7) is 6.32. The van der Waals surface area contributed by atoms with Gasteiger partial charge in [0, 0.05) is 24.2 Å². The van der Waals surface area contributed by atoms with Gasteiger partial charge >= 0.3 is 0 Å². The summed E-state index contributed by atoms with van der Waals surface area (Å²) in [5.74, 6) is -0.0514. The summed E-state index contributed by atoms with van der Waals surface area (Å²) < 4.78 is 0. The quantitative estimate of drug-likeness (QED) is 0.716. The Morgan fingerprint density at radius 2 is 1.76 bits per heavy atom. The van der Waals surface area contributed by atoms with Crippen molar-refractivity contribution in [1.29, 1.82) is 0 Å². The van der Waals surface area contributed by atoms with E-state index < -0.39 is 0 Å². The second kappa shape index (κ2) is 7.78. The molecule has 0 spiro atoms. The third kappa shape index (κ3) is 7.46. The second-order valence-electron chi connectivity index (χ2n) is 5.86. The van der Waals surface area contributed by atoms with Crippen LogP contribution in [0.3, 0.4) is 0 Å². The molecule has 21 heavy (non-hydrogen) atoms. The van der Waals surface area contributed by atoms with Crippen LogP contribution in [0.25, 0.3) is 0 Å². The van der Waals surface area contributed by atoms with Crippen molar-refractivity contribution in [3.05, 3.63) is 29.8 Å². The molecule has 0 aliphatic carbocycles. The van der Waals surface area contributed by atoms with Crippen LogP contribution in [-0.2, 0) is 16.0 Å². The van der Waals surface area contributed by atoms with E-state index in [1.807, 2.05) is 32.9 Å². The average molecular weight is 291 g/mol. The Morgan fingerprint density at radius 1 is 1.14 bits per heavy atom. The van der Waals surface area contributed by atoms with Gasteiger partial charge in [0.15, 0.2) is 0 Å². The normalized spacial score (nSPS) is 11.0. The monoisotopic (exact) mass is 291 g/mol. The van der Waals surface area contributed by atoms with Crippen LogP contribution in [0.4, 0.5) is 5.69 Å². The maximum atomic E-state index is 11.8. The van der Waals surface area contributed by atoms with E-state index >= 15 is 0 Å². The van der Waals surface area contributed by atoms with Gasteiger partial charge in [0.05, 0.1) is 6.42 Å². The van der Waals surface area contributed by atoms with Crippen LogP contribution < -0.4 is 16.4 Å². The second-order valence-corrected chi connectivity index (χ2v) is 5.86. The fourth-order valence-corrected chi connectivity index (χ4v) is 1.81. The van der Waals surface area contributed by atoms with E-state index in [0.29, 0.717) is 25.8 Å². The summed E-state index contributed by atoms with van der Waals surface area (Å²) >= 11 is 0. The highest BCUT2D eigenvalue weighted by molar-refractivity contribution is 5.90. The molecule has 1 aromatic rings. The van der Waals surface area contributed by atoms with E-state index in [2.05, 4.69) is 10.6 Å². The van der Waals surface area contributed by atoms with Crippen LogP contribution in [-0.4, -0.2) is 23.9 Å². The van der Waals surface area contributed by atoms with Crippen LogP contribution >= 0.6 is 0 Å². The topological polar surface area (TPSA) is 84.2 Å². The molecule has 116 valence electrons. The molecule has 0 atom stereocenters. The van der Waals surface area contributed by atoms with Gasteiger partial charge in [0.1, 0.15) is 0 Å². The molecule has 0 saturated carbocycles. The van der Waals surface area contributed by atoms with E-state index in [0.717, 1.165) is 11.3 Å². The highest BCUT2D eigenvalue weighted by Crippen LogP contribution is 2.12. The highest BCUT2D eigenvalue weighted by Gasteiger charge is 2.13. The number of nitrogens with one attached hydrogen (secondary N) is 2. The van der Waals surface area contributed by atoms with Gasteiger partial charge in [0.2, 0.25) is 11.8 Å². The molecule has 4 N–H and O–H groups in total. The fraction of sp³-hybridized carbons (Fsp3) is 0.500. The molecule has 0 aromatic heterocycles. The zero-order valence-electron chi connectivity index (χ0n) is 13.0. The fourth-order valence-electron chi connectivity index (χ4n) is 1.81. The Bertz CT molecular complexity index is 475. The van der Waals surface area contributed by atoms with Gasteiger partial charge in [-0.2, -0.15) is 0 Å². The van der Waals surface area contributed by atoms with E-state index in [-0.39, 0.29) is 17.4 Å². The molecule has 0 unspecified atom stereocenters. The number of anilines is 1. The van der Waals surface area contributed by atoms with Gasteiger partial charge in [-0.05, 0) is 44.9 Å². The molecule has 2 amide bonds. The number of rotatable bonds is 7. The first kappa shape index (κ1) is 17.2.